The molecule has 6 nitrogen and oxygen atoms in total. The predicted molar refractivity (Wildman–Crippen MR) is 117 cm³/mol. The molecule has 0 saturated carbocycles. The lowest BCUT2D eigenvalue weighted by atomic mass is 10.3. The molecule has 0 spiro atoms. The number of anilines is 2. The van der Waals surface area contributed by atoms with Crippen molar-refractivity contribution in [3.05, 3.63) is 78.9 Å². The number of rotatable bonds is 7. The lowest BCUT2D eigenvalue weighted by molar-refractivity contribution is -0.115. The summed E-state index contributed by atoms with van der Waals surface area (Å²) in [6.07, 6.45) is 1.98. The van der Waals surface area contributed by atoms with Crippen LogP contribution >= 0.6 is 11.8 Å². The number of nitrogens with one attached hydrogen (secondary N) is 3. The molecule has 3 rings (SSSR count). The third-order valence-corrected chi connectivity index (χ3v) is 4.62. The zero-order valence-corrected chi connectivity index (χ0v) is 16.7. The molecule has 0 radical (unpaired) electrons. The summed E-state index contributed by atoms with van der Waals surface area (Å²) in [5.41, 5.74) is 1.28. The van der Waals surface area contributed by atoms with Crippen molar-refractivity contribution in [2.45, 2.75) is 4.90 Å². The fourth-order valence-electron chi connectivity index (χ4n) is 2.45. The Morgan fingerprint density at radius 1 is 0.793 bits per heavy atom. The number of carbonyl (C=O) groups excluding carboxylic acids is 2. The highest BCUT2D eigenvalue weighted by molar-refractivity contribution is 7.98. The van der Waals surface area contributed by atoms with Gasteiger partial charge in [0.15, 0.2) is 0 Å². The largest absolute Gasteiger partial charge is 0.457 e. The van der Waals surface area contributed by atoms with Crippen LogP contribution in [-0.4, -0.2) is 24.7 Å². The Kier molecular flexibility index (Phi) is 7.13. The number of benzene rings is 3. The summed E-state index contributed by atoms with van der Waals surface area (Å²) < 4.78 is 5.71. The van der Waals surface area contributed by atoms with E-state index in [0.717, 1.165) is 10.6 Å². The molecule has 0 aromatic heterocycles. The van der Waals surface area contributed by atoms with E-state index < -0.39 is 6.03 Å². The Hall–Kier alpha value is -3.45. The van der Waals surface area contributed by atoms with Gasteiger partial charge in [-0.25, -0.2) is 4.79 Å². The van der Waals surface area contributed by atoms with Crippen LogP contribution in [0.4, 0.5) is 16.2 Å². The molecule has 3 N–H and O–H groups in total. The highest BCUT2D eigenvalue weighted by Gasteiger charge is 2.07. The maximum Gasteiger partial charge on any atom is 0.319 e. The fraction of sp³-hybridized carbons (Fsp3) is 0.0909. The van der Waals surface area contributed by atoms with E-state index in [0.29, 0.717) is 17.1 Å². The molecule has 0 unspecified atom stereocenters. The zero-order valence-electron chi connectivity index (χ0n) is 15.8. The van der Waals surface area contributed by atoms with Crippen LogP contribution in [0.15, 0.2) is 83.8 Å². The lowest BCUT2D eigenvalue weighted by Gasteiger charge is -2.10. The summed E-state index contributed by atoms with van der Waals surface area (Å²) in [7, 11) is 0. The van der Waals surface area contributed by atoms with Crippen molar-refractivity contribution in [3.63, 3.8) is 0 Å². The number of urea groups is 1. The standard InChI is InChI=1S/C22H21N3O3S/c1-29-20-13-9-17(10-14-20)25-22(27)23-15-21(26)24-16-7-11-19(12-8-16)28-18-5-3-2-4-6-18/h2-14H,15H2,1H3,(H,24,26)(H2,23,25,27). The number of carbonyl (C=O) groups is 2. The van der Waals surface area contributed by atoms with Gasteiger partial charge >= 0.3 is 6.03 Å². The van der Waals surface area contributed by atoms with Gasteiger partial charge in [0.25, 0.3) is 0 Å². The van der Waals surface area contributed by atoms with Crippen LogP contribution in [0.1, 0.15) is 0 Å². The number of para-hydroxylation sites is 1. The topological polar surface area (TPSA) is 79.5 Å². The second-order valence-corrected chi connectivity index (χ2v) is 6.90. The van der Waals surface area contributed by atoms with E-state index in [-0.39, 0.29) is 12.5 Å². The van der Waals surface area contributed by atoms with Crippen molar-refractivity contribution in [2.75, 3.05) is 23.4 Å². The number of amides is 3. The number of thioether (sulfide) groups is 1. The van der Waals surface area contributed by atoms with E-state index >= 15 is 0 Å². The summed E-state index contributed by atoms with van der Waals surface area (Å²) in [4.78, 5) is 25.1. The van der Waals surface area contributed by atoms with Crippen LogP contribution in [0.25, 0.3) is 0 Å². The van der Waals surface area contributed by atoms with Gasteiger partial charge in [0.2, 0.25) is 5.91 Å². The molecule has 7 heteroatoms. The Balaban J connectivity index is 1.43. The smallest absolute Gasteiger partial charge is 0.319 e. The molecule has 0 atom stereocenters. The second kappa shape index (κ2) is 10.2. The molecule has 0 aliphatic rings. The molecule has 0 heterocycles. The van der Waals surface area contributed by atoms with E-state index in [1.54, 1.807) is 36.0 Å². The number of hydrogen-bond donors (Lipinski definition) is 3. The van der Waals surface area contributed by atoms with Crippen LogP contribution < -0.4 is 20.7 Å². The van der Waals surface area contributed by atoms with E-state index in [1.807, 2.05) is 60.9 Å². The molecule has 0 fully saturated rings. The monoisotopic (exact) mass is 407 g/mol. The third-order valence-electron chi connectivity index (χ3n) is 3.87. The Morgan fingerprint density at radius 3 is 2.03 bits per heavy atom. The normalized spacial score (nSPS) is 10.1. The van der Waals surface area contributed by atoms with Crippen LogP contribution in [0, 0.1) is 0 Å². The van der Waals surface area contributed by atoms with E-state index in [4.69, 9.17) is 4.74 Å². The first kappa shape index (κ1) is 20.3. The first-order valence-electron chi connectivity index (χ1n) is 8.94. The van der Waals surface area contributed by atoms with Gasteiger partial charge in [-0.2, -0.15) is 0 Å². The first-order valence-corrected chi connectivity index (χ1v) is 10.2. The second-order valence-electron chi connectivity index (χ2n) is 6.02. The maximum absolute atomic E-state index is 12.0. The average molecular weight is 407 g/mol. The molecule has 3 amide bonds. The zero-order chi connectivity index (χ0) is 20.5. The predicted octanol–water partition coefficient (Wildman–Crippen LogP) is 4.96. The Labute approximate surface area is 173 Å². The minimum absolute atomic E-state index is 0.142. The minimum atomic E-state index is -0.441. The van der Waals surface area contributed by atoms with Gasteiger partial charge < -0.3 is 20.7 Å². The van der Waals surface area contributed by atoms with Crippen LogP contribution in [0.5, 0.6) is 11.5 Å². The summed E-state index contributed by atoms with van der Waals surface area (Å²) in [6.45, 7) is -0.142. The van der Waals surface area contributed by atoms with Crippen LogP contribution in [0.2, 0.25) is 0 Å². The van der Waals surface area contributed by atoms with Gasteiger partial charge in [0, 0.05) is 16.3 Å². The maximum atomic E-state index is 12.0. The average Bonchev–Trinajstić information content (AvgIpc) is 2.75. The van der Waals surface area contributed by atoms with Gasteiger partial charge in [-0.1, -0.05) is 18.2 Å². The first-order chi connectivity index (χ1) is 14.1. The van der Waals surface area contributed by atoms with Crippen molar-refractivity contribution in [2.24, 2.45) is 0 Å². The molecule has 0 saturated heterocycles. The lowest BCUT2D eigenvalue weighted by Crippen LogP contribution is -2.35. The molecule has 3 aromatic carbocycles. The molecule has 29 heavy (non-hydrogen) atoms. The molecule has 0 bridgehead atoms. The molecule has 0 aliphatic heterocycles. The highest BCUT2D eigenvalue weighted by Crippen LogP contribution is 2.22. The van der Waals surface area contributed by atoms with E-state index in [2.05, 4.69) is 16.0 Å². The van der Waals surface area contributed by atoms with Crippen molar-refractivity contribution in [3.8, 4) is 11.5 Å². The SMILES string of the molecule is CSc1ccc(NC(=O)NCC(=O)Nc2ccc(Oc3ccccc3)cc2)cc1. The quantitative estimate of drug-likeness (QED) is 0.484. The van der Waals surface area contributed by atoms with Crippen LogP contribution in [0.3, 0.4) is 0 Å². The van der Waals surface area contributed by atoms with Crippen molar-refractivity contribution in [1.29, 1.82) is 0 Å². The third kappa shape index (κ3) is 6.58. The minimum Gasteiger partial charge on any atom is -0.457 e. The van der Waals surface area contributed by atoms with Gasteiger partial charge in [-0.3, -0.25) is 4.79 Å². The molecule has 0 aliphatic carbocycles. The molecular weight excluding hydrogens is 386 g/mol. The molecule has 148 valence electrons. The summed E-state index contributed by atoms with van der Waals surface area (Å²) >= 11 is 1.62. The molecular formula is C22H21N3O3S. The van der Waals surface area contributed by atoms with E-state index in [1.165, 1.54) is 0 Å². The Bertz CT molecular complexity index is 945. The van der Waals surface area contributed by atoms with Gasteiger partial charge in [0.05, 0.1) is 6.54 Å². The number of ether oxygens (including phenoxy) is 1. The summed E-state index contributed by atoms with van der Waals surface area (Å²) in [5.74, 6) is 1.08. The van der Waals surface area contributed by atoms with Gasteiger partial charge in [-0.05, 0) is 66.9 Å². The Morgan fingerprint density at radius 2 is 1.38 bits per heavy atom. The number of hydrogen-bond acceptors (Lipinski definition) is 4. The van der Waals surface area contributed by atoms with Gasteiger partial charge in [-0.15, -0.1) is 11.8 Å². The summed E-state index contributed by atoms with van der Waals surface area (Å²) in [5, 5.41) is 7.95. The van der Waals surface area contributed by atoms with Crippen molar-refractivity contribution >= 4 is 35.1 Å². The van der Waals surface area contributed by atoms with Gasteiger partial charge in [0.1, 0.15) is 11.5 Å². The fourth-order valence-corrected chi connectivity index (χ4v) is 2.85. The van der Waals surface area contributed by atoms with Crippen molar-refractivity contribution in [1.82, 2.24) is 5.32 Å². The molecule has 3 aromatic rings. The highest BCUT2D eigenvalue weighted by atomic mass is 32.2. The summed E-state index contributed by atoms with van der Waals surface area (Å²) in [6, 6.07) is 23.5. The van der Waals surface area contributed by atoms with Crippen molar-refractivity contribution < 1.29 is 14.3 Å². The van der Waals surface area contributed by atoms with Crippen LogP contribution in [-0.2, 0) is 4.79 Å². The van der Waals surface area contributed by atoms with E-state index in [9.17, 15) is 9.59 Å².